The first-order valence-corrected chi connectivity index (χ1v) is 8.41. The molecule has 0 aromatic rings. The van der Waals surface area contributed by atoms with Crippen molar-refractivity contribution in [3.05, 3.63) is 0 Å². The third-order valence-electron chi connectivity index (χ3n) is 4.33. The molecule has 1 N–H and O–H groups in total. The fourth-order valence-corrected chi connectivity index (χ4v) is 5.08. The molecule has 0 spiro atoms. The minimum absolute atomic E-state index is 0.0445. The van der Waals surface area contributed by atoms with Crippen LogP contribution >= 0.6 is 0 Å². The summed E-state index contributed by atoms with van der Waals surface area (Å²) in [6, 6.07) is -0.128. The van der Waals surface area contributed by atoms with Gasteiger partial charge in [-0.25, -0.2) is 8.42 Å². The fraction of sp³-hybridized carbons (Fsp3) is 1.00. The lowest BCUT2D eigenvalue weighted by Crippen LogP contribution is -2.57. The second kappa shape index (κ2) is 5.65. The van der Waals surface area contributed by atoms with Crippen LogP contribution in [0.1, 0.15) is 12.8 Å². The minimum Gasteiger partial charge on any atom is -0.393 e. The number of aliphatic hydroxyl groups excluding tert-OH is 1. The van der Waals surface area contributed by atoms with Crippen LogP contribution in [0.5, 0.6) is 0 Å². The van der Waals surface area contributed by atoms with Gasteiger partial charge in [-0.05, 0) is 19.4 Å². The number of rotatable bonds is 4. The molecule has 112 valence electrons. The van der Waals surface area contributed by atoms with Gasteiger partial charge in [-0.3, -0.25) is 4.90 Å². The predicted octanol–water partition coefficient (Wildman–Crippen LogP) is -0.728. The monoisotopic (exact) mass is 293 g/mol. The first-order valence-electron chi connectivity index (χ1n) is 6.58. The zero-order chi connectivity index (χ0) is 14.1. The van der Waals surface area contributed by atoms with E-state index in [-0.39, 0.29) is 30.3 Å². The second-order valence-electron chi connectivity index (χ2n) is 5.54. The number of ether oxygens (including phenoxy) is 2. The SMILES string of the molecule is CO[C@@H]1CS(=O)(=O)C[C@@H]1N1CCCC(CO)(OC)C1. The molecule has 1 unspecified atom stereocenters. The van der Waals surface area contributed by atoms with E-state index in [1.165, 1.54) is 0 Å². The Morgan fingerprint density at radius 3 is 2.68 bits per heavy atom. The van der Waals surface area contributed by atoms with Gasteiger partial charge in [-0.15, -0.1) is 0 Å². The quantitative estimate of drug-likeness (QED) is 0.736. The molecule has 0 radical (unpaired) electrons. The molecule has 19 heavy (non-hydrogen) atoms. The lowest BCUT2D eigenvalue weighted by atomic mass is 9.92. The van der Waals surface area contributed by atoms with Gasteiger partial charge in [0.1, 0.15) is 5.60 Å². The van der Waals surface area contributed by atoms with Crippen molar-refractivity contribution in [3.63, 3.8) is 0 Å². The topological polar surface area (TPSA) is 76.1 Å². The average molecular weight is 293 g/mol. The molecule has 6 nitrogen and oxygen atoms in total. The summed E-state index contributed by atoms with van der Waals surface area (Å²) in [5, 5.41) is 9.53. The van der Waals surface area contributed by atoms with E-state index < -0.39 is 15.4 Å². The molecule has 2 heterocycles. The number of methoxy groups -OCH3 is 2. The normalized spacial score (nSPS) is 39.5. The number of aliphatic hydroxyl groups is 1. The summed E-state index contributed by atoms with van der Waals surface area (Å²) < 4.78 is 34.3. The van der Waals surface area contributed by atoms with E-state index in [4.69, 9.17) is 9.47 Å². The summed E-state index contributed by atoms with van der Waals surface area (Å²) in [4.78, 5) is 2.10. The summed E-state index contributed by atoms with van der Waals surface area (Å²) in [5.41, 5.74) is -0.567. The number of sulfone groups is 1. The first kappa shape index (κ1) is 15.2. The summed E-state index contributed by atoms with van der Waals surface area (Å²) >= 11 is 0. The van der Waals surface area contributed by atoms with Crippen molar-refractivity contribution in [2.45, 2.75) is 30.6 Å². The van der Waals surface area contributed by atoms with Gasteiger partial charge in [0.05, 0.1) is 30.3 Å². The molecule has 0 bridgehead atoms. The van der Waals surface area contributed by atoms with Crippen LogP contribution in [0.2, 0.25) is 0 Å². The molecule has 2 rings (SSSR count). The zero-order valence-electron chi connectivity index (χ0n) is 11.5. The molecule has 3 atom stereocenters. The Kier molecular flexibility index (Phi) is 4.52. The van der Waals surface area contributed by atoms with Crippen molar-refractivity contribution in [3.8, 4) is 0 Å². The summed E-state index contributed by atoms with van der Waals surface area (Å²) in [6.07, 6.45) is 1.41. The van der Waals surface area contributed by atoms with Crippen LogP contribution in [-0.2, 0) is 19.3 Å². The summed E-state index contributed by atoms with van der Waals surface area (Å²) in [7, 11) is 0.123. The number of nitrogens with zero attached hydrogens (tertiary/aromatic N) is 1. The van der Waals surface area contributed by atoms with Crippen molar-refractivity contribution in [2.75, 3.05) is 45.4 Å². The van der Waals surface area contributed by atoms with E-state index in [1.54, 1.807) is 14.2 Å². The van der Waals surface area contributed by atoms with Gasteiger partial charge in [0.25, 0.3) is 0 Å². The van der Waals surface area contributed by atoms with E-state index in [1.807, 2.05) is 0 Å². The fourth-order valence-electron chi connectivity index (χ4n) is 3.14. The van der Waals surface area contributed by atoms with Crippen LogP contribution in [0, 0.1) is 0 Å². The van der Waals surface area contributed by atoms with Crippen molar-refractivity contribution in [1.29, 1.82) is 0 Å². The van der Waals surface area contributed by atoms with Gasteiger partial charge in [0.15, 0.2) is 9.84 Å². The van der Waals surface area contributed by atoms with Crippen LogP contribution in [0.15, 0.2) is 0 Å². The smallest absolute Gasteiger partial charge is 0.154 e. The van der Waals surface area contributed by atoms with Gasteiger partial charge in [0.2, 0.25) is 0 Å². The molecule has 2 fully saturated rings. The van der Waals surface area contributed by atoms with E-state index in [2.05, 4.69) is 4.90 Å². The van der Waals surface area contributed by atoms with Crippen LogP contribution < -0.4 is 0 Å². The minimum atomic E-state index is -3.03. The maximum atomic E-state index is 11.8. The van der Waals surface area contributed by atoms with E-state index in [0.29, 0.717) is 6.54 Å². The molecular weight excluding hydrogens is 270 g/mol. The molecule has 2 aliphatic rings. The first-order chi connectivity index (χ1) is 8.95. The van der Waals surface area contributed by atoms with Gasteiger partial charge >= 0.3 is 0 Å². The molecule has 0 aromatic carbocycles. The summed E-state index contributed by atoms with van der Waals surface area (Å²) in [6.45, 7) is 1.34. The third kappa shape index (κ3) is 3.11. The van der Waals surface area contributed by atoms with Gasteiger partial charge < -0.3 is 14.6 Å². The molecule has 0 amide bonds. The average Bonchev–Trinajstić information content (AvgIpc) is 2.74. The Labute approximate surface area is 114 Å². The standard InChI is InChI=1S/C12H23NO5S/c1-17-11-7-19(15,16)6-10(11)13-5-3-4-12(8-13,9-14)18-2/h10-11,14H,3-9H2,1-2H3/t10-,11+,12?/m0/s1. The molecule has 2 aliphatic heterocycles. The molecular formula is C12H23NO5S. The highest BCUT2D eigenvalue weighted by molar-refractivity contribution is 7.91. The van der Waals surface area contributed by atoms with Crippen molar-refractivity contribution < 1.29 is 23.0 Å². The zero-order valence-corrected chi connectivity index (χ0v) is 12.4. The largest absolute Gasteiger partial charge is 0.393 e. The molecule has 0 saturated carbocycles. The van der Waals surface area contributed by atoms with Crippen molar-refractivity contribution in [2.24, 2.45) is 0 Å². The molecule has 2 saturated heterocycles. The van der Waals surface area contributed by atoms with Gasteiger partial charge in [-0.1, -0.05) is 0 Å². The Morgan fingerprint density at radius 1 is 1.37 bits per heavy atom. The van der Waals surface area contributed by atoms with Gasteiger partial charge in [0, 0.05) is 20.8 Å². The highest BCUT2D eigenvalue weighted by atomic mass is 32.2. The predicted molar refractivity (Wildman–Crippen MR) is 70.9 cm³/mol. The Morgan fingerprint density at radius 2 is 2.11 bits per heavy atom. The van der Waals surface area contributed by atoms with Crippen LogP contribution in [0.4, 0.5) is 0 Å². The Bertz CT molecular complexity index is 406. The Hall–Kier alpha value is -0.210. The summed E-state index contributed by atoms with van der Waals surface area (Å²) in [5.74, 6) is 0.223. The number of hydrogen-bond acceptors (Lipinski definition) is 6. The number of hydrogen-bond donors (Lipinski definition) is 1. The number of likely N-dealkylation sites (tertiary alicyclic amines) is 1. The molecule has 7 heteroatoms. The van der Waals surface area contributed by atoms with Crippen molar-refractivity contribution in [1.82, 2.24) is 4.90 Å². The van der Waals surface area contributed by atoms with Crippen LogP contribution in [0.25, 0.3) is 0 Å². The lowest BCUT2D eigenvalue weighted by molar-refractivity contribution is -0.109. The third-order valence-corrected chi connectivity index (χ3v) is 6.02. The van der Waals surface area contributed by atoms with Crippen LogP contribution in [-0.4, -0.2) is 81.6 Å². The van der Waals surface area contributed by atoms with Crippen molar-refractivity contribution >= 4 is 9.84 Å². The second-order valence-corrected chi connectivity index (χ2v) is 7.69. The number of piperidine rings is 1. The van der Waals surface area contributed by atoms with E-state index in [9.17, 15) is 13.5 Å². The van der Waals surface area contributed by atoms with E-state index >= 15 is 0 Å². The highest BCUT2D eigenvalue weighted by Gasteiger charge is 2.45. The lowest BCUT2D eigenvalue weighted by Gasteiger charge is -2.43. The van der Waals surface area contributed by atoms with Gasteiger partial charge in [-0.2, -0.15) is 0 Å². The maximum absolute atomic E-state index is 11.8. The molecule has 0 aliphatic carbocycles. The highest BCUT2D eigenvalue weighted by Crippen LogP contribution is 2.29. The Balaban J connectivity index is 2.13. The molecule has 0 aromatic heterocycles. The van der Waals surface area contributed by atoms with E-state index in [0.717, 1.165) is 19.4 Å². The van der Waals surface area contributed by atoms with Crippen LogP contribution in [0.3, 0.4) is 0 Å². The maximum Gasteiger partial charge on any atom is 0.154 e.